The van der Waals surface area contributed by atoms with Gasteiger partial charge in [-0.3, -0.25) is 4.99 Å². The van der Waals surface area contributed by atoms with Gasteiger partial charge in [0, 0.05) is 24.2 Å². The molecule has 0 amide bonds. The van der Waals surface area contributed by atoms with E-state index in [1.807, 2.05) is 0 Å². The Hall–Kier alpha value is -0.970. The molecule has 2 aliphatic rings. The highest BCUT2D eigenvalue weighted by Gasteiger charge is 2.28. The zero-order valence-electron chi connectivity index (χ0n) is 15.6. The van der Waals surface area contributed by atoms with Crippen LogP contribution in [0, 0.1) is 0 Å². The number of benzene rings is 1. The van der Waals surface area contributed by atoms with E-state index in [4.69, 9.17) is 14.5 Å². The zero-order valence-corrected chi connectivity index (χ0v) is 17.3. The van der Waals surface area contributed by atoms with Gasteiger partial charge in [-0.2, -0.15) is 0 Å². The van der Waals surface area contributed by atoms with Crippen molar-refractivity contribution in [3.8, 4) is 11.5 Å². The highest BCUT2D eigenvalue weighted by atomic mass is 35.5. The summed E-state index contributed by atoms with van der Waals surface area (Å²) in [5.74, 6) is 1.60. The number of hydrogen-bond donors (Lipinski definition) is 0. The summed E-state index contributed by atoms with van der Waals surface area (Å²) in [6.45, 7) is 7.98. The second-order valence-corrected chi connectivity index (χ2v) is 7.21. The SMILES string of the molecule is COc1cc2c(cc1OC)C(CCN1CCCC1)=NC(C)(C)C2.Cl.Cl. The fraction of sp³-hybridized carbons (Fsp3) is 0.632. The summed E-state index contributed by atoms with van der Waals surface area (Å²) in [7, 11) is 3.39. The Bertz CT molecular complexity index is 612. The number of methoxy groups -OCH3 is 2. The molecule has 0 saturated carbocycles. The van der Waals surface area contributed by atoms with Gasteiger partial charge >= 0.3 is 0 Å². The van der Waals surface area contributed by atoms with Crippen LogP contribution < -0.4 is 9.47 Å². The van der Waals surface area contributed by atoms with E-state index < -0.39 is 0 Å². The van der Waals surface area contributed by atoms with Crippen LogP contribution in [0.2, 0.25) is 0 Å². The summed E-state index contributed by atoms with van der Waals surface area (Å²) in [6.07, 6.45) is 4.61. The zero-order chi connectivity index (χ0) is 16.4. The number of fused-ring (bicyclic) bond motifs is 1. The first-order chi connectivity index (χ1) is 11.0. The highest BCUT2D eigenvalue weighted by Crippen LogP contribution is 2.36. The molecule has 3 rings (SSSR count). The average molecular weight is 389 g/mol. The lowest BCUT2D eigenvalue weighted by Crippen LogP contribution is -2.31. The van der Waals surface area contributed by atoms with Crippen LogP contribution in [-0.4, -0.2) is 50.0 Å². The summed E-state index contributed by atoms with van der Waals surface area (Å²) < 4.78 is 11.0. The monoisotopic (exact) mass is 388 g/mol. The smallest absolute Gasteiger partial charge is 0.161 e. The maximum absolute atomic E-state index is 5.49. The van der Waals surface area contributed by atoms with Crippen molar-refractivity contribution in [1.29, 1.82) is 0 Å². The topological polar surface area (TPSA) is 34.1 Å². The number of rotatable bonds is 5. The maximum Gasteiger partial charge on any atom is 0.161 e. The van der Waals surface area contributed by atoms with Crippen LogP contribution >= 0.6 is 24.8 Å². The van der Waals surface area contributed by atoms with E-state index in [0.717, 1.165) is 30.9 Å². The molecule has 142 valence electrons. The largest absolute Gasteiger partial charge is 0.493 e. The Kier molecular flexibility index (Phi) is 8.04. The highest BCUT2D eigenvalue weighted by molar-refractivity contribution is 6.03. The number of nitrogens with zero attached hydrogens (tertiary/aromatic N) is 2. The van der Waals surface area contributed by atoms with Gasteiger partial charge in [-0.25, -0.2) is 0 Å². The van der Waals surface area contributed by atoms with Crippen molar-refractivity contribution in [2.75, 3.05) is 33.9 Å². The Morgan fingerprint density at radius 1 is 1.04 bits per heavy atom. The number of halogens is 2. The van der Waals surface area contributed by atoms with Crippen LogP contribution in [0.5, 0.6) is 11.5 Å². The molecule has 1 fully saturated rings. The van der Waals surface area contributed by atoms with Crippen LogP contribution in [0.1, 0.15) is 44.2 Å². The summed E-state index contributed by atoms with van der Waals surface area (Å²) in [4.78, 5) is 7.59. The molecule has 2 heterocycles. The molecule has 0 N–H and O–H groups in total. The molecule has 2 aliphatic heterocycles. The molecule has 0 spiro atoms. The van der Waals surface area contributed by atoms with Crippen LogP contribution in [0.25, 0.3) is 0 Å². The predicted molar refractivity (Wildman–Crippen MR) is 109 cm³/mol. The van der Waals surface area contributed by atoms with Crippen LogP contribution in [-0.2, 0) is 6.42 Å². The van der Waals surface area contributed by atoms with Gasteiger partial charge in [0.2, 0.25) is 0 Å². The third-order valence-corrected chi connectivity index (χ3v) is 4.84. The number of hydrogen-bond acceptors (Lipinski definition) is 4. The van der Waals surface area contributed by atoms with Gasteiger partial charge in [-0.1, -0.05) is 0 Å². The van der Waals surface area contributed by atoms with Gasteiger partial charge < -0.3 is 14.4 Å². The molecule has 0 bridgehead atoms. The maximum atomic E-state index is 5.49. The van der Waals surface area contributed by atoms with Crippen LogP contribution in [0.4, 0.5) is 0 Å². The van der Waals surface area contributed by atoms with Crippen molar-refractivity contribution in [3.63, 3.8) is 0 Å². The van der Waals surface area contributed by atoms with Crippen molar-refractivity contribution in [1.82, 2.24) is 4.90 Å². The molecule has 6 heteroatoms. The van der Waals surface area contributed by atoms with E-state index >= 15 is 0 Å². The molecule has 1 saturated heterocycles. The van der Waals surface area contributed by atoms with Crippen molar-refractivity contribution < 1.29 is 9.47 Å². The van der Waals surface area contributed by atoms with E-state index in [1.54, 1.807) is 14.2 Å². The minimum atomic E-state index is -0.0487. The fourth-order valence-corrected chi connectivity index (χ4v) is 3.73. The van der Waals surface area contributed by atoms with Crippen molar-refractivity contribution >= 4 is 30.5 Å². The second-order valence-electron chi connectivity index (χ2n) is 7.21. The average Bonchev–Trinajstić information content (AvgIpc) is 3.03. The molecule has 0 unspecified atom stereocenters. The lowest BCUT2D eigenvalue weighted by Gasteiger charge is -2.30. The number of aliphatic imine (C=N–C) groups is 1. The van der Waals surface area contributed by atoms with Gasteiger partial charge in [0.15, 0.2) is 11.5 Å². The third-order valence-electron chi connectivity index (χ3n) is 4.84. The van der Waals surface area contributed by atoms with Crippen molar-refractivity contribution in [2.24, 2.45) is 4.99 Å². The lowest BCUT2D eigenvalue weighted by molar-refractivity contribution is 0.348. The minimum absolute atomic E-state index is 0. The van der Waals surface area contributed by atoms with Gasteiger partial charge in [0.25, 0.3) is 0 Å². The van der Waals surface area contributed by atoms with E-state index in [2.05, 4.69) is 30.9 Å². The lowest BCUT2D eigenvalue weighted by atomic mass is 9.85. The molecule has 1 aromatic carbocycles. The summed E-state index contributed by atoms with van der Waals surface area (Å²) in [5.41, 5.74) is 3.72. The molecule has 0 aromatic heterocycles. The predicted octanol–water partition coefficient (Wildman–Crippen LogP) is 4.16. The van der Waals surface area contributed by atoms with E-state index in [-0.39, 0.29) is 30.4 Å². The first-order valence-electron chi connectivity index (χ1n) is 8.59. The van der Waals surface area contributed by atoms with Gasteiger partial charge in [0.05, 0.1) is 19.8 Å². The molecule has 0 aliphatic carbocycles. The molecule has 25 heavy (non-hydrogen) atoms. The minimum Gasteiger partial charge on any atom is -0.493 e. The molecule has 1 aromatic rings. The van der Waals surface area contributed by atoms with Gasteiger partial charge in [-0.05, 0) is 63.9 Å². The van der Waals surface area contributed by atoms with Crippen molar-refractivity contribution in [2.45, 2.75) is 45.1 Å². The molecule has 0 atom stereocenters. The molecular formula is C19H30Cl2N2O2. The Morgan fingerprint density at radius 3 is 2.24 bits per heavy atom. The quantitative estimate of drug-likeness (QED) is 0.759. The van der Waals surface area contributed by atoms with Crippen LogP contribution in [0.15, 0.2) is 17.1 Å². The van der Waals surface area contributed by atoms with E-state index in [0.29, 0.717) is 0 Å². The molecular weight excluding hydrogens is 359 g/mol. The standard InChI is InChI=1S/C19H28N2O2.2ClH/c1-19(2)13-14-11-17(22-3)18(23-4)12-15(14)16(20-19)7-10-21-8-5-6-9-21;;/h11-12H,5-10,13H2,1-4H3;2*1H. The Labute approximate surface area is 163 Å². The summed E-state index contributed by atoms with van der Waals surface area (Å²) >= 11 is 0. The molecule has 4 nitrogen and oxygen atoms in total. The van der Waals surface area contributed by atoms with E-state index in [1.165, 1.54) is 42.8 Å². The van der Waals surface area contributed by atoms with Gasteiger partial charge in [-0.15, -0.1) is 24.8 Å². The van der Waals surface area contributed by atoms with Gasteiger partial charge in [0.1, 0.15) is 0 Å². The van der Waals surface area contributed by atoms with E-state index in [9.17, 15) is 0 Å². The summed E-state index contributed by atoms with van der Waals surface area (Å²) in [5, 5.41) is 0. The Balaban J connectivity index is 0.00000156. The first kappa shape index (κ1) is 22.1. The Morgan fingerprint density at radius 2 is 1.64 bits per heavy atom. The number of ether oxygens (including phenoxy) is 2. The van der Waals surface area contributed by atoms with Crippen LogP contribution in [0.3, 0.4) is 0 Å². The molecule has 0 radical (unpaired) electrons. The fourth-order valence-electron chi connectivity index (χ4n) is 3.73. The second kappa shape index (κ2) is 9.11. The first-order valence-corrected chi connectivity index (χ1v) is 8.59. The van der Waals surface area contributed by atoms with Crippen molar-refractivity contribution in [3.05, 3.63) is 23.3 Å². The number of likely N-dealkylation sites (tertiary alicyclic amines) is 1. The third kappa shape index (κ3) is 5.02. The normalized spacial score (nSPS) is 18.5. The summed E-state index contributed by atoms with van der Waals surface area (Å²) in [6, 6.07) is 4.23.